The molecule has 3 rings (SSSR count). The molecule has 0 amide bonds. The molecule has 0 spiro atoms. The Morgan fingerprint density at radius 1 is 1.28 bits per heavy atom. The molecular formula is C15H21NS2. The number of hydrogen-bond acceptors (Lipinski definition) is 2. The third-order valence-electron chi connectivity index (χ3n) is 3.87. The molecular weight excluding hydrogens is 258 g/mol. The van der Waals surface area contributed by atoms with Crippen LogP contribution in [0.25, 0.3) is 10.2 Å². The fourth-order valence-electron chi connectivity index (χ4n) is 2.95. The van der Waals surface area contributed by atoms with Crippen LogP contribution in [0.3, 0.4) is 0 Å². The summed E-state index contributed by atoms with van der Waals surface area (Å²) >= 11 is 1.91. The van der Waals surface area contributed by atoms with Crippen LogP contribution in [0, 0.1) is 11.8 Å². The summed E-state index contributed by atoms with van der Waals surface area (Å²) in [6.45, 7) is 2.37. The van der Waals surface area contributed by atoms with Crippen LogP contribution >= 0.6 is 21.4 Å². The standard InChI is InChI=1S/C15H21NS2/c1-11-8-12(9-11)10-18(2,3)15-16-13-6-4-5-7-14(13)17-15/h4-7,11-12H,8-10H2,1-3H3. The SMILES string of the molecule is CC1CC(CS(C)(C)c2nc3ccccc3s2)C1. The van der Waals surface area contributed by atoms with Gasteiger partial charge in [0.15, 0.2) is 0 Å². The lowest BCUT2D eigenvalue weighted by Crippen LogP contribution is -2.26. The maximum absolute atomic E-state index is 4.87. The lowest BCUT2D eigenvalue weighted by atomic mass is 9.77. The van der Waals surface area contributed by atoms with E-state index in [0.717, 1.165) is 11.8 Å². The first-order valence-corrected chi connectivity index (χ1v) is 10.0. The van der Waals surface area contributed by atoms with E-state index >= 15 is 0 Å². The van der Waals surface area contributed by atoms with Gasteiger partial charge in [-0.05, 0) is 55.1 Å². The molecule has 0 bridgehead atoms. The van der Waals surface area contributed by atoms with Gasteiger partial charge in [0, 0.05) is 0 Å². The quantitative estimate of drug-likeness (QED) is 0.789. The molecule has 1 saturated carbocycles. The van der Waals surface area contributed by atoms with E-state index in [2.05, 4.69) is 43.7 Å². The first-order valence-electron chi connectivity index (χ1n) is 6.61. The van der Waals surface area contributed by atoms with E-state index in [9.17, 15) is 0 Å². The van der Waals surface area contributed by atoms with Crippen LogP contribution in [0.5, 0.6) is 0 Å². The highest BCUT2D eigenvalue weighted by molar-refractivity contribution is 8.33. The summed E-state index contributed by atoms with van der Waals surface area (Å²) in [7, 11) is -0.698. The van der Waals surface area contributed by atoms with Gasteiger partial charge in [0.05, 0.1) is 10.2 Å². The number of rotatable bonds is 3. The number of fused-ring (bicyclic) bond motifs is 1. The highest BCUT2D eigenvalue weighted by Crippen LogP contribution is 2.55. The lowest BCUT2D eigenvalue weighted by Gasteiger charge is -2.40. The molecule has 3 heteroatoms. The highest BCUT2D eigenvalue weighted by atomic mass is 32.3. The Hall–Kier alpha value is -0.540. The molecule has 1 aliphatic rings. The van der Waals surface area contributed by atoms with Crippen molar-refractivity contribution in [1.82, 2.24) is 4.98 Å². The summed E-state index contributed by atoms with van der Waals surface area (Å²) < 4.78 is 2.73. The van der Waals surface area contributed by atoms with Crippen LogP contribution in [0.15, 0.2) is 28.6 Å². The number of benzene rings is 1. The van der Waals surface area contributed by atoms with E-state index in [1.165, 1.54) is 33.2 Å². The smallest absolute Gasteiger partial charge is 0.133 e. The van der Waals surface area contributed by atoms with Crippen molar-refractivity contribution in [3.8, 4) is 0 Å². The molecule has 0 saturated heterocycles. The summed E-state index contributed by atoms with van der Waals surface area (Å²) in [5.74, 6) is 3.29. The number of para-hydroxylation sites is 1. The monoisotopic (exact) mass is 279 g/mol. The van der Waals surface area contributed by atoms with Gasteiger partial charge >= 0.3 is 0 Å². The van der Waals surface area contributed by atoms with Crippen LogP contribution in [0.2, 0.25) is 0 Å². The zero-order valence-corrected chi connectivity index (χ0v) is 13.0. The van der Waals surface area contributed by atoms with E-state index in [1.54, 1.807) is 0 Å². The molecule has 1 aliphatic carbocycles. The van der Waals surface area contributed by atoms with Crippen molar-refractivity contribution in [2.75, 3.05) is 18.3 Å². The zero-order valence-electron chi connectivity index (χ0n) is 11.3. The second-order valence-corrected chi connectivity index (χ2v) is 11.2. The second-order valence-electron chi connectivity index (χ2n) is 6.09. The van der Waals surface area contributed by atoms with Crippen molar-refractivity contribution < 1.29 is 0 Å². The first kappa shape index (κ1) is 12.5. The normalized spacial score (nSPS) is 25.1. The maximum atomic E-state index is 4.87. The van der Waals surface area contributed by atoms with Crippen LogP contribution < -0.4 is 0 Å². The topological polar surface area (TPSA) is 12.9 Å². The molecule has 18 heavy (non-hydrogen) atoms. The Kier molecular flexibility index (Phi) is 3.15. The Morgan fingerprint density at radius 3 is 2.67 bits per heavy atom. The van der Waals surface area contributed by atoms with Gasteiger partial charge in [-0.2, -0.15) is 10.0 Å². The molecule has 1 heterocycles. The molecule has 1 aromatic carbocycles. The van der Waals surface area contributed by atoms with Crippen molar-refractivity contribution in [2.24, 2.45) is 11.8 Å². The van der Waals surface area contributed by atoms with Crippen LogP contribution in [0.1, 0.15) is 19.8 Å². The Balaban J connectivity index is 1.83. The Labute approximate surface area is 115 Å². The van der Waals surface area contributed by atoms with Gasteiger partial charge in [0.2, 0.25) is 0 Å². The van der Waals surface area contributed by atoms with E-state index in [-0.39, 0.29) is 0 Å². The number of aromatic nitrogens is 1. The third kappa shape index (κ3) is 2.30. The van der Waals surface area contributed by atoms with Crippen molar-refractivity contribution in [3.05, 3.63) is 24.3 Å². The van der Waals surface area contributed by atoms with Gasteiger partial charge in [-0.25, -0.2) is 4.98 Å². The van der Waals surface area contributed by atoms with Crippen molar-refractivity contribution >= 4 is 31.6 Å². The minimum absolute atomic E-state index is 0.698. The van der Waals surface area contributed by atoms with Crippen molar-refractivity contribution in [3.63, 3.8) is 0 Å². The molecule has 0 unspecified atom stereocenters. The van der Waals surface area contributed by atoms with Crippen LogP contribution in [-0.2, 0) is 0 Å². The molecule has 1 aromatic heterocycles. The molecule has 2 aromatic rings. The van der Waals surface area contributed by atoms with Gasteiger partial charge < -0.3 is 0 Å². The fourth-order valence-corrected chi connectivity index (χ4v) is 6.96. The largest absolute Gasteiger partial charge is 0.231 e. The number of thiazole rings is 1. The summed E-state index contributed by atoms with van der Waals surface area (Å²) in [5, 5.41) is 0. The summed E-state index contributed by atoms with van der Waals surface area (Å²) in [6.07, 6.45) is 7.74. The van der Waals surface area contributed by atoms with Gasteiger partial charge in [-0.3, -0.25) is 0 Å². The van der Waals surface area contributed by atoms with Gasteiger partial charge in [-0.15, -0.1) is 11.3 Å². The minimum atomic E-state index is -0.698. The Morgan fingerprint density at radius 2 is 2.00 bits per heavy atom. The van der Waals surface area contributed by atoms with Crippen LogP contribution in [0.4, 0.5) is 0 Å². The fraction of sp³-hybridized carbons (Fsp3) is 0.533. The average molecular weight is 279 g/mol. The predicted octanol–water partition coefficient (Wildman–Crippen LogP) is 4.77. The third-order valence-corrected chi connectivity index (χ3v) is 8.65. The lowest BCUT2D eigenvalue weighted by molar-refractivity contribution is 0.237. The van der Waals surface area contributed by atoms with E-state index in [0.29, 0.717) is 0 Å². The summed E-state index contributed by atoms with van der Waals surface area (Å²) in [4.78, 5) is 4.87. The zero-order chi connectivity index (χ0) is 12.8. The Bertz CT molecular complexity index is 519. The molecule has 1 nitrogen and oxygen atoms in total. The molecule has 0 atom stereocenters. The first-order chi connectivity index (χ1) is 8.54. The minimum Gasteiger partial charge on any atom is -0.231 e. The van der Waals surface area contributed by atoms with Crippen molar-refractivity contribution in [2.45, 2.75) is 24.1 Å². The van der Waals surface area contributed by atoms with Gasteiger partial charge in [0.25, 0.3) is 0 Å². The average Bonchev–Trinajstić information content (AvgIpc) is 2.71. The molecule has 1 fully saturated rings. The number of nitrogens with zero attached hydrogens (tertiary/aromatic N) is 1. The molecule has 98 valence electrons. The van der Waals surface area contributed by atoms with E-state index in [1.807, 2.05) is 11.3 Å². The molecule has 0 radical (unpaired) electrons. The van der Waals surface area contributed by atoms with Crippen LogP contribution in [-0.4, -0.2) is 23.2 Å². The molecule has 0 N–H and O–H groups in total. The van der Waals surface area contributed by atoms with Gasteiger partial charge in [0.1, 0.15) is 4.34 Å². The second kappa shape index (κ2) is 4.53. The summed E-state index contributed by atoms with van der Waals surface area (Å²) in [5.41, 5.74) is 1.18. The highest BCUT2D eigenvalue weighted by Gasteiger charge is 2.31. The number of hydrogen-bond donors (Lipinski definition) is 0. The molecule has 0 aliphatic heterocycles. The predicted molar refractivity (Wildman–Crippen MR) is 84.1 cm³/mol. The van der Waals surface area contributed by atoms with Gasteiger partial charge in [-0.1, -0.05) is 19.1 Å². The van der Waals surface area contributed by atoms with Crippen molar-refractivity contribution in [1.29, 1.82) is 0 Å². The van der Waals surface area contributed by atoms with E-state index < -0.39 is 10.0 Å². The maximum Gasteiger partial charge on any atom is 0.133 e. The van der Waals surface area contributed by atoms with E-state index in [4.69, 9.17) is 4.98 Å². The summed E-state index contributed by atoms with van der Waals surface area (Å²) in [6, 6.07) is 8.52.